The van der Waals surface area contributed by atoms with Crippen LogP contribution in [-0.2, 0) is 0 Å². The molecule has 0 unspecified atom stereocenters. The zero-order chi connectivity index (χ0) is 30.9. The molecule has 0 N–H and O–H groups in total. The van der Waals surface area contributed by atoms with E-state index < -0.39 is 0 Å². The van der Waals surface area contributed by atoms with Crippen LogP contribution in [0, 0.1) is 0 Å². The molecule has 1 aliphatic rings. The van der Waals surface area contributed by atoms with Gasteiger partial charge in [-0.15, -0.1) is 0 Å². The van der Waals surface area contributed by atoms with E-state index in [0.717, 1.165) is 55.6 Å². The lowest BCUT2D eigenvalue weighted by molar-refractivity contribution is 0.669. The molecule has 0 aliphatic heterocycles. The molecule has 3 nitrogen and oxygen atoms in total. The Kier molecular flexibility index (Phi) is 5.57. The second kappa shape index (κ2) is 10.1. The molecule has 2 heterocycles. The van der Waals surface area contributed by atoms with Crippen LogP contribution in [0.25, 0.3) is 100.0 Å². The second-order valence-corrected chi connectivity index (χ2v) is 12.2. The van der Waals surface area contributed by atoms with E-state index in [4.69, 9.17) is 14.4 Å². The molecule has 0 saturated heterocycles. The lowest BCUT2D eigenvalue weighted by Crippen LogP contribution is -1.96. The minimum Gasteiger partial charge on any atom is -0.456 e. The SMILES string of the molecule is c1ccc(-c2cccc(-c3cc(-c4ccccc4)nc(-c4ccc5c(c4)oc4cc6c7c(cccc7c45)-c4ccccc4-6)n3)c2)cc1. The van der Waals surface area contributed by atoms with Crippen molar-refractivity contribution in [1.29, 1.82) is 0 Å². The lowest BCUT2D eigenvalue weighted by Gasteiger charge is -2.11. The van der Waals surface area contributed by atoms with Crippen molar-refractivity contribution < 1.29 is 4.42 Å². The molecule has 2 aromatic heterocycles. The number of nitrogens with zero attached hydrogens (tertiary/aromatic N) is 2. The van der Waals surface area contributed by atoms with Gasteiger partial charge in [0.2, 0.25) is 0 Å². The van der Waals surface area contributed by atoms with E-state index in [-0.39, 0.29) is 0 Å². The van der Waals surface area contributed by atoms with Gasteiger partial charge in [-0.1, -0.05) is 127 Å². The van der Waals surface area contributed by atoms with Crippen LogP contribution < -0.4 is 0 Å². The predicted octanol–water partition coefficient (Wildman–Crippen LogP) is 11.8. The number of hydrogen-bond acceptors (Lipinski definition) is 3. The van der Waals surface area contributed by atoms with Crippen LogP contribution in [0.2, 0.25) is 0 Å². The molecule has 1 aliphatic carbocycles. The van der Waals surface area contributed by atoms with E-state index in [2.05, 4.69) is 133 Å². The Hall–Kier alpha value is -6.32. The first kappa shape index (κ1) is 26.0. The normalized spacial score (nSPS) is 11.8. The quantitative estimate of drug-likeness (QED) is 0.202. The van der Waals surface area contributed by atoms with Crippen molar-refractivity contribution in [2.24, 2.45) is 0 Å². The van der Waals surface area contributed by atoms with Crippen LogP contribution in [0.1, 0.15) is 0 Å². The van der Waals surface area contributed by atoms with Gasteiger partial charge in [-0.3, -0.25) is 0 Å². The molecule has 47 heavy (non-hydrogen) atoms. The summed E-state index contributed by atoms with van der Waals surface area (Å²) in [7, 11) is 0. The molecular weight excluding hydrogens is 572 g/mol. The third-order valence-corrected chi connectivity index (χ3v) is 9.42. The molecule has 0 spiro atoms. The molecule has 218 valence electrons. The van der Waals surface area contributed by atoms with E-state index >= 15 is 0 Å². The average Bonchev–Trinajstić information content (AvgIpc) is 3.68. The van der Waals surface area contributed by atoms with E-state index in [1.54, 1.807) is 0 Å². The number of fused-ring (bicyclic) bond motifs is 7. The van der Waals surface area contributed by atoms with Gasteiger partial charge in [0.15, 0.2) is 5.82 Å². The first-order valence-electron chi connectivity index (χ1n) is 15.9. The fraction of sp³-hybridized carbons (Fsp3) is 0. The average molecular weight is 599 g/mol. The Morgan fingerprint density at radius 1 is 0.340 bits per heavy atom. The fourth-order valence-electron chi connectivity index (χ4n) is 7.25. The summed E-state index contributed by atoms with van der Waals surface area (Å²) in [5, 5.41) is 4.77. The molecule has 3 heteroatoms. The van der Waals surface area contributed by atoms with E-state index in [0.29, 0.717) is 5.82 Å². The zero-order valence-electron chi connectivity index (χ0n) is 25.3. The van der Waals surface area contributed by atoms with Gasteiger partial charge in [-0.2, -0.15) is 0 Å². The predicted molar refractivity (Wildman–Crippen MR) is 193 cm³/mol. The summed E-state index contributed by atoms with van der Waals surface area (Å²) in [4.78, 5) is 10.2. The number of rotatable bonds is 4. The fourth-order valence-corrected chi connectivity index (χ4v) is 7.25. The van der Waals surface area contributed by atoms with Crippen LogP contribution in [-0.4, -0.2) is 9.97 Å². The second-order valence-electron chi connectivity index (χ2n) is 12.2. The molecule has 0 amide bonds. The maximum absolute atomic E-state index is 6.64. The molecular formula is C44H26N2O. The molecule has 0 fully saturated rings. The lowest BCUT2D eigenvalue weighted by atomic mass is 9.98. The first-order valence-corrected chi connectivity index (χ1v) is 15.9. The van der Waals surface area contributed by atoms with Crippen molar-refractivity contribution >= 4 is 32.7 Å². The minimum absolute atomic E-state index is 0.664. The number of aromatic nitrogens is 2. The van der Waals surface area contributed by atoms with Crippen LogP contribution in [0.5, 0.6) is 0 Å². The summed E-state index contributed by atoms with van der Waals surface area (Å²) < 4.78 is 6.64. The number of hydrogen-bond donors (Lipinski definition) is 0. The Bertz CT molecular complexity index is 2670. The molecule has 0 radical (unpaired) electrons. The van der Waals surface area contributed by atoms with Gasteiger partial charge in [0, 0.05) is 27.5 Å². The first-order chi connectivity index (χ1) is 23.3. The van der Waals surface area contributed by atoms with Gasteiger partial charge < -0.3 is 4.42 Å². The van der Waals surface area contributed by atoms with Crippen molar-refractivity contribution in [2.45, 2.75) is 0 Å². The van der Waals surface area contributed by atoms with Crippen molar-refractivity contribution in [3.63, 3.8) is 0 Å². The highest BCUT2D eigenvalue weighted by atomic mass is 16.3. The van der Waals surface area contributed by atoms with Crippen LogP contribution >= 0.6 is 0 Å². The molecule has 0 saturated carbocycles. The Labute approximate surface area is 271 Å². The Balaban J connectivity index is 1.15. The monoisotopic (exact) mass is 598 g/mol. The maximum atomic E-state index is 6.64. The van der Waals surface area contributed by atoms with Crippen LogP contribution in [0.3, 0.4) is 0 Å². The largest absolute Gasteiger partial charge is 0.456 e. The van der Waals surface area contributed by atoms with Gasteiger partial charge in [-0.25, -0.2) is 9.97 Å². The Morgan fingerprint density at radius 2 is 0.979 bits per heavy atom. The molecule has 7 aromatic carbocycles. The van der Waals surface area contributed by atoms with Crippen molar-refractivity contribution in [3.8, 4) is 67.3 Å². The van der Waals surface area contributed by atoms with Crippen LogP contribution in [0.4, 0.5) is 0 Å². The highest BCUT2D eigenvalue weighted by molar-refractivity contribution is 6.28. The van der Waals surface area contributed by atoms with Gasteiger partial charge >= 0.3 is 0 Å². The van der Waals surface area contributed by atoms with Crippen molar-refractivity contribution in [1.82, 2.24) is 9.97 Å². The smallest absolute Gasteiger partial charge is 0.160 e. The minimum atomic E-state index is 0.664. The molecule has 0 bridgehead atoms. The summed E-state index contributed by atoms with van der Waals surface area (Å²) in [6, 6.07) is 55.3. The van der Waals surface area contributed by atoms with Crippen molar-refractivity contribution in [2.75, 3.05) is 0 Å². The summed E-state index contributed by atoms with van der Waals surface area (Å²) >= 11 is 0. The van der Waals surface area contributed by atoms with Gasteiger partial charge in [0.05, 0.1) is 11.4 Å². The van der Waals surface area contributed by atoms with E-state index in [1.807, 2.05) is 24.3 Å². The maximum Gasteiger partial charge on any atom is 0.160 e. The van der Waals surface area contributed by atoms with Crippen LogP contribution in [0.15, 0.2) is 162 Å². The third kappa shape index (κ3) is 4.07. The highest BCUT2D eigenvalue weighted by Crippen LogP contribution is 2.50. The summed E-state index contributed by atoms with van der Waals surface area (Å²) in [5.41, 5.74) is 13.9. The van der Waals surface area contributed by atoms with Gasteiger partial charge in [-0.05, 0) is 74.5 Å². The van der Waals surface area contributed by atoms with Crippen molar-refractivity contribution in [3.05, 3.63) is 158 Å². The van der Waals surface area contributed by atoms with Gasteiger partial charge in [0.1, 0.15) is 11.2 Å². The van der Waals surface area contributed by atoms with E-state index in [1.165, 1.54) is 38.6 Å². The summed E-state index contributed by atoms with van der Waals surface area (Å²) in [5.74, 6) is 0.664. The third-order valence-electron chi connectivity index (χ3n) is 9.42. The van der Waals surface area contributed by atoms with E-state index in [9.17, 15) is 0 Å². The number of furan rings is 1. The molecule has 9 aromatic rings. The topological polar surface area (TPSA) is 38.9 Å². The standard InChI is InChI=1S/C44H26N2O/c1-3-11-27(12-4-1)29-15-9-16-30(23-29)39-26-38(28-13-5-2-6-14-28)45-44(46-39)31-21-22-35-40(24-31)47-41-25-37-33-18-8-7-17-32(33)34-19-10-20-36(42(34)37)43(35)41/h1-26H. The molecule has 0 atom stereocenters. The van der Waals surface area contributed by atoms with Gasteiger partial charge in [0.25, 0.3) is 0 Å². The summed E-state index contributed by atoms with van der Waals surface area (Å²) in [6.45, 7) is 0. The zero-order valence-corrected chi connectivity index (χ0v) is 25.3. The highest BCUT2D eigenvalue weighted by Gasteiger charge is 2.24. The number of benzene rings is 7. The molecule has 10 rings (SSSR count). The Morgan fingerprint density at radius 3 is 1.79 bits per heavy atom. The summed E-state index contributed by atoms with van der Waals surface area (Å²) in [6.07, 6.45) is 0.